The molecule has 7 heteroatoms. The van der Waals surface area contributed by atoms with Gasteiger partial charge in [-0.2, -0.15) is 5.10 Å². The first kappa shape index (κ1) is 17.3. The van der Waals surface area contributed by atoms with Crippen LogP contribution in [-0.2, 0) is 6.54 Å². The van der Waals surface area contributed by atoms with Gasteiger partial charge in [-0.25, -0.2) is 0 Å². The van der Waals surface area contributed by atoms with E-state index in [-0.39, 0.29) is 11.3 Å². The predicted octanol–water partition coefficient (Wildman–Crippen LogP) is 3.71. The van der Waals surface area contributed by atoms with Crippen LogP contribution in [0.4, 0.5) is 11.5 Å². The molecular formula is C19H18N4O3. The number of amides is 1. The molecule has 1 aromatic heterocycles. The second kappa shape index (κ2) is 7.18. The molecule has 3 rings (SSSR count). The molecule has 0 radical (unpaired) electrons. The van der Waals surface area contributed by atoms with Crippen LogP contribution in [-0.4, -0.2) is 20.6 Å². The molecule has 132 valence electrons. The lowest BCUT2D eigenvalue weighted by Gasteiger charge is -2.07. The van der Waals surface area contributed by atoms with Crippen molar-refractivity contribution in [2.45, 2.75) is 20.4 Å². The Morgan fingerprint density at radius 2 is 1.92 bits per heavy atom. The van der Waals surface area contributed by atoms with E-state index in [0.717, 1.165) is 5.56 Å². The van der Waals surface area contributed by atoms with Gasteiger partial charge in [0.05, 0.1) is 11.5 Å². The first-order chi connectivity index (χ1) is 12.5. The van der Waals surface area contributed by atoms with Crippen LogP contribution < -0.4 is 5.32 Å². The Kier molecular flexibility index (Phi) is 4.79. The van der Waals surface area contributed by atoms with E-state index in [0.29, 0.717) is 17.9 Å². The van der Waals surface area contributed by atoms with Crippen molar-refractivity contribution in [3.05, 3.63) is 87.1 Å². The van der Waals surface area contributed by atoms with Gasteiger partial charge in [-0.1, -0.05) is 30.3 Å². The number of hydrogen-bond acceptors (Lipinski definition) is 4. The van der Waals surface area contributed by atoms with E-state index in [1.807, 2.05) is 31.2 Å². The topological polar surface area (TPSA) is 90.1 Å². The number of aryl methyl sites for hydroxylation is 1. The third-order valence-corrected chi connectivity index (χ3v) is 4.22. The number of aromatic nitrogens is 2. The molecule has 0 bridgehead atoms. The molecule has 1 amide bonds. The minimum atomic E-state index is -0.497. The quantitative estimate of drug-likeness (QED) is 0.561. The number of rotatable bonds is 5. The van der Waals surface area contributed by atoms with E-state index >= 15 is 0 Å². The maximum Gasteiger partial charge on any atom is 0.273 e. The summed E-state index contributed by atoms with van der Waals surface area (Å²) in [5.74, 6) is -0.0261. The number of nitro benzene ring substituents is 1. The highest BCUT2D eigenvalue weighted by molar-refractivity contribution is 6.05. The summed E-state index contributed by atoms with van der Waals surface area (Å²) in [5.41, 5.74) is 2.81. The van der Waals surface area contributed by atoms with Gasteiger partial charge in [-0.3, -0.25) is 19.6 Å². The number of hydrogen-bond donors (Lipinski definition) is 1. The fourth-order valence-corrected chi connectivity index (χ4v) is 2.73. The van der Waals surface area contributed by atoms with E-state index < -0.39 is 10.8 Å². The van der Waals surface area contributed by atoms with Gasteiger partial charge in [0.25, 0.3) is 11.6 Å². The van der Waals surface area contributed by atoms with E-state index in [1.54, 1.807) is 29.9 Å². The third-order valence-electron chi connectivity index (χ3n) is 4.22. The first-order valence-corrected chi connectivity index (χ1v) is 8.09. The minimum Gasteiger partial charge on any atom is -0.305 e. The summed E-state index contributed by atoms with van der Waals surface area (Å²) in [5, 5.41) is 18.1. The monoisotopic (exact) mass is 350 g/mol. The molecule has 1 heterocycles. The van der Waals surface area contributed by atoms with Crippen molar-refractivity contribution < 1.29 is 9.72 Å². The number of nitro groups is 1. The Balaban J connectivity index is 1.75. The first-order valence-electron chi connectivity index (χ1n) is 8.09. The van der Waals surface area contributed by atoms with Crippen LogP contribution in [0.3, 0.4) is 0 Å². The molecule has 0 unspecified atom stereocenters. The Morgan fingerprint density at radius 3 is 2.65 bits per heavy atom. The third kappa shape index (κ3) is 3.61. The number of nitrogens with one attached hydrogen (secondary N) is 1. The summed E-state index contributed by atoms with van der Waals surface area (Å²) in [4.78, 5) is 23.0. The van der Waals surface area contributed by atoms with Crippen LogP contribution in [0.2, 0.25) is 0 Å². The molecular weight excluding hydrogens is 332 g/mol. The summed E-state index contributed by atoms with van der Waals surface area (Å²) < 4.78 is 1.73. The van der Waals surface area contributed by atoms with Crippen LogP contribution in [0, 0.1) is 24.0 Å². The molecule has 7 nitrogen and oxygen atoms in total. The van der Waals surface area contributed by atoms with Gasteiger partial charge in [-0.05, 0) is 31.0 Å². The van der Waals surface area contributed by atoms with Crippen LogP contribution in [0.5, 0.6) is 0 Å². The maximum atomic E-state index is 12.4. The van der Waals surface area contributed by atoms with Gasteiger partial charge in [0.2, 0.25) is 0 Å². The molecule has 0 saturated heterocycles. The molecule has 3 aromatic rings. The summed E-state index contributed by atoms with van der Waals surface area (Å²) in [6.07, 6.45) is 1.78. The van der Waals surface area contributed by atoms with Crippen LogP contribution >= 0.6 is 0 Å². The zero-order chi connectivity index (χ0) is 18.7. The summed E-state index contributed by atoms with van der Waals surface area (Å²) in [6, 6.07) is 14.1. The van der Waals surface area contributed by atoms with Crippen molar-refractivity contribution in [2.75, 3.05) is 5.32 Å². The summed E-state index contributed by atoms with van der Waals surface area (Å²) >= 11 is 0. The standard InChI is InChI=1S/C19H18N4O3/c1-13-6-3-4-7-15(13)12-22-11-10-18(21-22)20-19(24)16-8-5-9-17(14(16)2)23(25)26/h3-11H,12H2,1-2H3,(H,20,21,24). The molecule has 0 spiro atoms. The predicted molar refractivity (Wildman–Crippen MR) is 98.3 cm³/mol. The fraction of sp³-hybridized carbons (Fsp3) is 0.158. The van der Waals surface area contributed by atoms with Crippen molar-refractivity contribution in [3.8, 4) is 0 Å². The highest BCUT2D eigenvalue weighted by Gasteiger charge is 2.18. The van der Waals surface area contributed by atoms with E-state index in [4.69, 9.17) is 0 Å². The summed E-state index contributed by atoms with van der Waals surface area (Å²) in [7, 11) is 0. The molecule has 0 aliphatic heterocycles. The Labute approximate surface area is 150 Å². The normalized spacial score (nSPS) is 10.5. The van der Waals surface area contributed by atoms with E-state index in [1.165, 1.54) is 17.7 Å². The molecule has 0 fully saturated rings. The van der Waals surface area contributed by atoms with E-state index in [2.05, 4.69) is 10.4 Å². The van der Waals surface area contributed by atoms with Gasteiger partial charge in [0.15, 0.2) is 5.82 Å². The molecule has 0 aliphatic rings. The average molecular weight is 350 g/mol. The molecule has 2 aromatic carbocycles. The summed E-state index contributed by atoms with van der Waals surface area (Å²) in [6.45, 7) is 4.19. The molecule has 0 saturated carbocycles. The Hall–Kier alpha value is -3.48. The van der Waals surface area contributed by atoms with Crippen molar-refractivity contribution in [1.29, 1.82) is 0 Å². The van der Waals surface area contributed by atoms with Crippen molar-refractivity contribution >= 4 is 17.4 Å². The van der Waals surface area contributed by atoms with Gasteiger partial charge >= 0.3 is 0 Å². The number of anilines is 1. The maximum absolute atomic E-state index is 12.4. The lowest BCUT2D eigenvalue weighted by molar-refractivity contribution is -0.385. The zero-order valence-electron chi connectivity index (χ0n) is 14.5. The van der Waals surface area contributed by atoms with Gasteiger partial charge in [-0.15, -0.1) is 0 Å². The second-order valence-electron chi connectivity index (χ2n) is 5.99. The molecule has 0 atom stereocenters. The SMILES string of the molecule is Cc1ccccc1Cn1ccc(NC(=O)c2cccc([N+](=O)[O-])c2C)n1. The van der Waals surface area contributed by atoms with Crippen molar-refractivity contribution in [3.63, 3.8) is 0 Å². The highest BCUT2D eigenvalue weighted by Crippen LogP contribution is 2.22. The van der Waals surface area contributed by atoms with Crippen LogP contribution in [0.25, 0.3) is 0 Å². The lowest BCUT2D eigenvalue weighted by Crippen LogP contribution is -2.15. The Morgan fingerprint density at radius 1 is 1.15 bits per heavy atom. The number of carbonyl (C=O) groups is 1. The lowest BCUT2D eigenvalue weighted by atomic mass is 10.1. The molecule has 0 aliphatic carbocycles. The zero-order valence-corrected chi connectivity index (χ0v) is 14.5. The highest BCUT2D eigenvalue weighted by atomic mass is 16.6. The van der Waals surface area contributed by atoms with E-state index in [9.17, 15) is 14.9 Å². The number of carbonyl (C=O) groups excluding carboxylic acids is 1. The van der Waals surface area contributed by atoms with Crippen molar-refractivity contribution in [2.24, 2.45) is 0 Å². The Bertz CT molecular complexity index is 978. The number of nitrogens with zero attached hydrogens (tertiary/aromatic N) is 3. The largest absolute Gasteiger partial charge is 0.305 e. The average Bonchev–Trinajstić information content (AvgIpc) is 3.03. The van der Waals surface area contributed by atoms with Crippen molar-refractivity contribution in [1.82, 2.24) is 9.78 Å². The van der Waals surface area contributed by atoms with Gasteiger partial charge < -0.3 is 5.32 Å². The smallest absolute Gasteiger partial charge is 0.273 e. The molecule has 1 N–H and O–H groups in total. The van der Waals surface area contributed by atoms with Gasteiger partial charge in [0.1, 0.15) is 0 Å². The second-order valence-corrected chi connectivity index (χ2v) is 5.99. The van der Waals surface area contributed by atoms with Crippen LogP contribution in [0.15, 0.2) is 54.7 Å². The minimum absolute atomic E-state index is 0.0808. The fourth-order valence-electron chi connectivity index (χ4n) is 2.73. The van der Waals surface area contributed by atoms with Gasteiger partial charge in [0, 0.05) is 29.5 Å². The van der Waals surface area contributed by atoms with Crippen LogP contribution in [0.1, 0.15) is 27.0 Å². The number of benzene rings is 2. The molecule has 26 heavy (non-hydrogen) atoms.